The summed E-state index contributed by atoms with van der Waals surface area (Å²) in [5.41, 5.74) is 0. The van der Waals surface area contributed by atoms with Crippen LogP contribution in [0.4, 0.5) is 0 Å². The minimum absolute atomic E-state index is 0. The largest absolute Gasteiger partial charge is 0.357 e. The third-order valence-corrected chi connectivity index (χ3v) is 5.27. The van der Waals surface area contributed by atoms with E-state index in [2.05, 4.69) is 51.7 Å². The molecule has 1 fully saturated rings. The molecule has 0 spiro atoms. The van der Waals surface area contributed by atoms with E-state index < -0.39 is 0 Å². The first-order chi connectivity index (χ1) is 12.7. The van der Waals surface area contributed by atoms with Crippen molar-refractivity contribution in [1.82, 2.24) is 20.4 Å². The fourth-order valence-corrected chi connectivity index (χ4v) is 3.58. The summed E-state index contributed by atoms with van der Waals surface area (Å²) in [5.74, 6) is 2.06. The van der Waals surface area contributed by atoms with Crippen LogP contribution in [-0.4, -0.2) is 79.8 Å². The lowest BCUT2D eigenvalue weighted by atomic mass is 10.3. The number of nitrogens with zero attached hydrogens (tertiary/aromatic N) is 3. The van der Waals surface area contributed by atoms with Crippen LogP contribution in [0.2, 0.25) is 0 Å². The van der Waals surface area contributed by atoms with Crippen molar-refractivity contribution < 1.29 is 4.79 Å². The molecule has 1 aromatic carbocycles. The molecule has 0 bridgehead atoms. The second kappa shape index (κ2) is 14.1. The molecule has 1 amide bonds. The molecular weight excluding hydrogens is 473 g/mol. The molecule has 27 heavy (non-hydrogen) atoms. The molecule has 1 aliphatic rings. The van der Waals surface area contributed by atoms with Crippen LogP contribution in [0.1, 0.15) is 13.8 Å². The molecule has 0 radical (unpaired) electrons. The van der Waals surface area contributed by atoms with E-state index >= 15 is 0 Å². The van der Waals surface area contributed by atoms with Gasteiger partial charge in [-0.2, -0.15) is 0 Å². The van der Waals surface area contributed by atoms with Crippen LogP contribution in [0.15, 0.2) is 40.2 Å². The predicted octanol–water partition coefficient (Wildman–Crippen LogP) is 2.12. The topological polar surface area (TPSA) is 60.0 Å². The highest BCUT2D eigenvalue weighted by Gasteiger charge is 2.17. The summed E-state index contributed by atoms with van der Waals surface area (Å²) >= 11 is 1.84. The average molecular weight is 505 g/mol. The molecule has 2 N–H and O–H groups in total. The number of aliphatic imine (C=N–C) groups is 1. The van der Waals surface area contributed by atoms with Gasteiger partial charge in [0.2, 0.25) is 5.91 Å². The number of hydrogen-bond acceptors (Lipinski definition) is 4. The lowest BCUT2D eigenvalue weighted by molar-refractivity contribution is -0.130. The van der Waals surface area contributed by atoms with Gasteiger partial charge in [-0.25, -0.2) is 0 Å². The van der Waals surface area contributed by atoms with E-state index in [1.54, 1.807) is 6.92 Å². The van der Waals surface area contributed by atoms with E-state index in [0.717, 1.165) is 64.1 Å². The maximum absolute atomic E-state index is 11.4. The summed E-state index contributed by atoms with van der Waals surface area (Å²) < 4.78 is 0. The number of guanidine groups is 1. The van der Waals surface area contributed by atoms with Gasteiger partial charge < -0.3 is 15.5 Å². The molecule has 1 saturated heterocycles. The summed E-state index contributed by atoms with van der Waals surface area (Å²) in [6.07, 6.45) is 0. The Morgan fingerprint density at radius 2 is 1.85 bits per heavy atom. The normalized spacial score (nSPS) is 15.2. The van der Waals surface area contributed by atoms with Crippen molar-refractivity contribution in [3.63, 3.8) is 0 Å². The summed E-state index contributed by atoms with van der Waals surface area (Å²) in [6, 6.07) is 10.4. The van der Waals surface area contributed by atoms with Crippen molar-refractivity contribution in [2.75, 3.05) is 58.1 Å². The fraction of sp³-hybridized carbons (Fsp3) is 0.579. The van der Waals surface area contributed by atoms with Gasteiger partial charge in [0.15, 0.2) is 5.96 Å². The van der Waals surface area contributed by atoms with Crippen molar-refractivity contribution in [2.45, 2.75) is 18.7 Å². The minimum Gasteiger partial charge on any atom is -0.357 e. The van der Waals surface area contributed by atoms with Gasteiger partial charge in [0, 0.05) is 63.4 Å². The Labute approximate surface area is 184 Å². The summed E-state index contributed by atoms with van der Waals surface area (Å²) in [7, 11) is 0. The van der Waals surface area contributed by atoms with Gasteiger partial charge >= 0.3 is 0 Å². The first-order valence-corrected chi connectivity index (χ1v) is 10.4. The quantitative estimate of drug-likeness (QED) is 0.186. The van der Waals surface area contributed by atoms with Gasteiger partial charge in [0.25, 0.3) is 0 Å². The Bertz CT molecular complexity index is 564. The summed E-state index contributed by atoms with van der Waals surface area (Å²) in [5, 5.41) is 6.70. The number of piperazine rings is 1. The van der Waals surface area contributed by atoms with Gasteiger partial charge in [-0.3, -0.25) is 14.7 Å². The van der Waals surface area contributed by atoms with Crippen LogP contribution in [0, 0.1) is 0 Å². The first kappa shape index (κ1) is 24.0. The molecule has 0 saturated carbocycles. The number of thioether (sulfide) groups is 1. The summed E-state index contributed by atoms with van der Waals surface area (Å²) in [4.78, 5) is 21.6. The van der Waals surface area contributed by atoms with E-state index in [-0.39, 0.29) is 29.9 Å². The van der Waals surface area contributed by atoms with E-state index in [1.165, 1.54) is 4.90 Å². The maximum Gasteiger partial charge on any atom is 0.219 e. The Hall–Kier alpha value is -1.000. The summed E-state index contributed by atoms with van der Waals surface area (Å²) in [6.45, 7) is 10.7. The number of carbonyl (C=O) groups is 1. The fourth-order valence-electron chi connectivity index (χ4n) is 2.79. The van der Waals surface area contributed by atoms with E-state index in [1.807, 2.05) is 22.7 Å². The molecule has 152 valence electrons. The molecular formula is C19H32IN5OS. The molecule has 0 unspecified atom stereocenters. The van der Waals surface area contributed by atoms with Crippen LogP contribution in [0.25, 0.3) is 0 Å². The standard InChI is InChI=1S/C19H31N5OS.HI/c1-3-20-19(22-10-16-26-18-7-5-4-6-8-18)21-9-11-23-12-14-24(15-13-23)17(2)25;/h4-8H,3,9-16H2,1-2H3,(H2,20,21,22);1H. The highest BCUT2D eigenvalue weighted by Crippen LogP contribution is 2.15. The molecule has 1 aliphatic heterocycles. The lowest BCUT2D eigenvalue weighted by Gasteiger charge is -2.33. The highest BCUT2D eigenvalue weighted by atomic mass is 127. The number of carbonyl (C=O) groups excluding carboxylic acids is 1. The van der Waals surface area contributed by atoms with Crippen LogP contribution in [-0.2, 0) is 4.79 Å². The third-order valence-electron chi connectivity index (χ3n) is 4.25. The first-order valence-electron chi connectivity index (χ1n) is 9.37. The van der Waals surface area contributed by atoms with Gasteiger partial charge in [-0.15, -0.1) is 35.7 Å². The SMILES string of the molecule is CCNC(=NCCN1CCN(C(C)=O)CC1)NCCSc1ccccc1.I. The number of halogens is 1. The maximum atomic E-state index is 11.4. The smallest absolute Gasteiger partial charge is 0.219 e. The zero-order valence-corrected chi connectivity index (χ0v) is 19.5. The Kier molecular flexibility index (Phi) is 12.5. The van der Waals surface area contributed by atoms with E-state index in [9.17, 15) is 4.79 Å². The van der Waals surface area contributed by atoms with E-state index in [4.69, 9.17) is 0 Å². The van der Waals surface area contributed by atoms with Crippen LogP contribution in [0.3, 0.4) is 0 Å². The molecule has 8 heteroatoms. The Morgan fingerprint density at radius 1 is 1.15 bits per heavy atom. The molecule has 2 rings (SSSR count). The highest BCUT2D eigenvalue weighted by molar-refractivity contribution is 14.0. The van der Waals surface area contributed by atoms with Crippen molar-refractivity contribution >= 4 is 47.6 Å². The molecule has 1 aromatic rings. The second-order valence-corrected chi connectivity index (χ2v) is 7.36. The number of amides is 1. The second-order valence-electron chi connectivity index (χ2n) is 6.20. The Morgan fingerprint density at radius 3 is 2.48 bits per heavy atom. The van der Waals surface area contributed by atoms with Crippen LogP contribution in [0.5, 0.6) is 0 Å². The number of rotatable bonds is 8. The monoisotopic (exact) mass is 505 g/mol. The number of nitrogens with one attached hydrogen (secondary N) is 2. The third kappa shape index (κ3) is 9.66. The van der Waals surface area contributed by atoms with Crippen molar-refractivity contribution in [3.8, 4) is 0 Å². The zero-order chi connectivity index (χ0) is 18.6. The average Bonchev–Trinajstić information content (AvgIpc) is 2.66. The molecule has 0 aliphatic carbocycles. The van der Waals surface area contributed by atoms with Crippen molar-refractivity contribution in [1.29, 1.82) is 0 Å². The molecule has 0 aromatic heterocycles. The zero-order valence-electron chi connectivity index (χ0n) is 16.3. The minimum atomic E-state index is 0. The van der Waals surface area contributed by atoms with E-state index in [0.29, 0.717) is 0 Å². The molecule has 0 atom stereocenters. The van der Waals surface area contributed by atoms with Crippen molar-refractivity contribution in [2.24, 2.45) is 4.99 Å². The molecule has 6 nitrogen and oxygen atoms in total. The van der Waals surface area contributed by atoms with Crippen molar-refractivity contribution in [3.05, 3.63) is 30.3 Å². The van der Waals surface area contributed by atoms with Gasteiger partial charge in [-0.1, -0.05) is 18.2 Å². The van der Waals surface area contributed by atoms with Crippen LogP contribution >= 0.6 is 35.7 Å². The lowest BCUT2D eigenvalue weighted by Crippen LogP contribution is -2.48. The number of benzene rings is 1. The predicted molar refractivity (Wildman–Crippen MR) is 125 cm³/mol. The van der Waals surface area contributed by atoms with Gasteiger partial charge in [-0.05, 0) is 19.1 Å². The Balaban J connectivity index is 0.00000364. The number of hydrogen-bond donors (Lipinski definition) is 2. The van der Waals surface area contributed by atoms with Crippen LogP contribution < -0.4 is 10.6 Å². The molecule has 1 heterocycles. The van der Waals surface area contributed by atoms with Gasteiger partial charge in [0.1, 0.15) is 0 Å². The van der Waals surface area contributed by atoms with Gasteiger partial charge in [0.05, 0.1) is 6.54 Å².